The Morgan fingerprint density at radius 1 is 1.33 bits per heavy atom. The van der Waals surface area contributed by atoms with Gasteiger partial charge in [-0.2, -0.15) is 0 Å². The summed E-state index contributed by atoms with van der Waals surface area (Å²) in [6, 6.07) is 6.71. The van der Waals surface area contributed by atoms with E-state index >= 15 is 0 Å². The molecule has 0 bridgehead atoms. The fourth-order valence-electron chi connectivity index (χ4n) is 3.54. The molecule has 1 aliphatic carbocycles. The molecule has 3 atom stereocenters. The first-order chi connectivity index (χ1) is 10.1. The number of hydrogen-bond acceptors (Lipinski definition) is 3. The predicted molar refractivity (Wildman–Crippen MR) is 77.1 cm³/mol. The number of hydrogen-bond donors (Lipinski definition) is 2. The molecule has 4 nitrogen and oxygen atoms in total. The average Bonchev–Trinajstić information content (AvgIpc) is 2.47. The van der Waals surface area contributed by atoms with Crippen LogP contribution in [0.4, 0.5) is 4.39 Å². The van der Waals surface area contributed by atoms with Crippen LogP contribution in [0, 0.1) is 5.82 Å². The summed E-state index contributed by atoms with van der Waals surface area (Å²) in [4.78, 5) is 13.8. The molecule has 3 rings (SSSR count). The number of β-amino-alcohol motifs (C(OH)–C–C–N with tert-alkyl or cyclic N) is 1. The van der Waals surface area contributed by atoms with Crippen LogP contribution in [-0.4, -0.2) is 41.1 Å². The van der Waals surface area contributed by atoms with Gasteiger partial charge in [-0.3, -0.25) is 9.69 Å². The topological polar surface area (TPSA) is 52.6 Å². The van der Waals surface area contributed by atoms with Gasteiger partial charge >= 0.3 is 0 Å². The van der Waals surface area contributed by atoms with Gasteiger partial charge in [0.25, 0.3) is 0 Å². The number of benzene rings is 1. The monoisotopic (exact) mass is 292 g/mol. The van der Waals surface area contributed by atoms with Crippen LogP contribution < -0.4 is 5.32 Å². The number of carbonyl (C=O) groups excluding carboxylic acids is 1. The Kier molecular flexibility index (Phi) is 4.22. The maximum atomic E-state index is 13.7. The molecule has 114 valence electrons. The molecule has 1 saturated heterocycles. The molecule has 1 aromatic carbocycles. The van der Waals surface area contributed by atoms with Gasteiger partial charge in [-0.15, -0.1) is 0 Å². The van der Waals surface area contributed by atoms with Crippen LogP contribution in [0.15, 0.2) is 24.3 Å². The van der Waals surface area contributed by atoms with Gasteiger partial charge in [-0.1, -0.05) is 31.0 Å². The van der Waals surface area contributed by atoms with E-state index in [9.17, 15) is 14.3 Å². The molecule has 2 fully saturated rings. The molecule has 0 aromatic heterocycles. The molecule has 3 unspecified atom stereocenters. The van der Waals surface area contributed by atoms with Crippen LogP contribution in [0.1, 0.15) is 37.4 Å². The second kappa shape index (κ2) is 6.12. The second-order valence-corrected chi connectivity index (χ2v) is 5.99. The molecule has 0 spiro atoms. The number of amides is 1. The van der Waals surface area contributed by atoms with Gasteiger partial charge in [0.15, 0.2) is 0 Å². The summed E-state index contributed by atoms with van der Waals surface area (Å²) in [6.07, 6.45) is 3.38. The number of aliphatic hydroxyl groups is 1. The van der Waals surface area contributed by atoms with Crippen molar-refractivity contribution in [2.45, 2.75) is 43.9 Å². The van der Waals surface area contributed by atoms with Crippen molar-refractivity contribution >= 4 is 5.91 Å². The third-order valence-corrected chi connectivity index (χ3v) is 4.56. The van der Waals surface area contributed by atoms with Crippen molar-refractivity contribution in [3.05, 3.63) is 35.6 Å². The van der Waals surface area contributed by atoms with E-state index < -0.39 is 11.9 Å². The number of fused-ring (bicyclic) bond motifs is 1. The molecule has 5 heteroatoms. The Hall–Kier alpha value is -1.46. The fourth-order valence-corrected chi connectivity index (χ4v) is 3.54. The molecule has 1 aromatic rings. The third-order valence-electron chi connectivity index (χ3n) is 4.56. The highest BCUT2D eigenvalue weighted by atomic mass is 19.1. The number of rotatable bonds is 3. The van der Waals surface area contributed by atoms with Crippen LogP contribution in [0.5, 0.6) is 0 Å². The number of halogens is 1. The van der Waals surface area contributed by atoms with Crippen LogP contribution in [-0.2, 0) is 4.79 Å². The Morgan fingerprint density at radius 2 is 2.10 bits per heavy atom. The second-order valence-electron chi connectivity index (χ2n) is 5.99. The highest BCUT2D eigenvalue weighted by molar-refractivity contribution is 5.79. The minimum Gasteiger partial charge on any atom is -0.387 e. The lowest BCUT2D eigenvalue weighted by Gasteiger charge is -2.44. The molecule has 21 heavy (non-hydrogen) atoms. The lowest BCUT2D eigenvalue weighted by atomic mass is 9.87. The van der Waals surface area contributed by atoms with Crippen molar-refractivity contribution in [3.63, 3.8) is 0 Å². The molecular formula is C16H21FN2O2. The zero-order valence-corrected chi connectivity index (χ0v) is 12.0. The first-order valence-corrected chi connectivity index (χ1v) is 7.61. The van der Waals surface area contributed by atoms with Gasteiger partial charge in [0.05, 0.1) is 12.6 Å². The van der Waals surface area contributed by atoms with E-state index in [0.717, 1.165) is 25.7 Å². The largest absolute Gasteiger partial charge is 0.387 e. The Balaban J connectivity index is 1.73. The smallest absolute Gasteiger partial charge is 0.234 e. The summed E-state index contributed by atoms with van der Waals surface area (Å²) < 4.78 is 13.7. The summed E-state index contributed by atoms with van der Waals surface area (Å²) in [7, 11) is 0. The third kappa shape index (κ3) is 3.09. The van der Waals surface area contributed by atoms with Crippen molar-refractivity contribution in [3.8, 4) is 0 Å². The van der Waals surface area contributed by atoms with Crippen molar-refractivity contribution in [2.24, 2.45) is 0 Å². The van der Waals surface area contributed by atoms with Gasteiger partial charge in [-0.25, -0.2) is 4.39 Å². The number of piperazine rings is 1. The fraction of sp³-hybridized carbons (Fsp3) is 0.562. The van der Waals surface area contributed by atoms with E-state index in [1.54, 1.807) is 18.2 Å². The standard InChI is InChI=1S/C16H21FN2O2/c17-12-6-2-1-5-11(12)15(20)9-19-10-16(21)18-13-7-3-4-8-14(13)19/h1-2,5-6,13-15,20H,3-4,7-10H2,(H,18,21). The molecule has 1 heterocycles. The lowest BCUT2D eigenvalue weighted by Crippen LogP contribution is -2.62. The SMILES string of the molecule is O=C1CN(CC(O)c2ccccc2F)C2CCCCC2N1. The predicted octanol–water partition coefficient (Wildman–Crippen LogP) is 1.60. The molecule has 0 radical (unpaired) electrons. The maximum Gasteiger partial charge on any atom is 0.234 e. The summed E-state index contributed by atoms with van der Waals surface area (Å²) >= 11 is 0. The Bertz CT molecular complexity index is 523. The molecule has 2 N–H and O–H groups in total. The minimum absolute atomic E-state index is 0.00103. The number of aliphatic hydroxyl groups excluding tert-OH is 1. The first-order valence-electron chi connectivity index (χ1n) is 7.61. The van der Waals surface area contributed by atoms with Gasteiger partial charge < -0.3 is 10.4 Å². The van der Waals surface area contributed by atoms with Gasteiger partial charge in [0, 0.05) is 24.2 Å². The van der Waals surface area contributed by atoms with Crippen molar-refractivity contribution in [2.75, 3.05) is 13.1 Å². The number of carbonyl (C=O) groups is 1. The quantitative estimate of drug-likeness (QED) is 0.890. The molecule has 2 aliphatic rings. The molecule has 1 saturated carbocycles. The minimum atomic E-state index is -0.903. The molecule has 1 aliphatic heterocycles. The molecule has 1 amide bonds. The van der Waals surface area contributed by atoms with Crippen molar-refractivity contribution in [1.82, 2.24) is 10.2 Å². The van der Waals surface area contributed by atoms with Crippen LogP contribution in [0.25, 0.3) is 0 Å². The van der Waals surface area contributed by atoms with Gasteiger partial charge in [0.1, 0.15) is 5.82 Å². The zero-order valence-electron chi connectivity index (χ0n) is 12.0. The Labute approximate surface area is 124 Å². The van der Waals surface area contributed by atoms with Crippen LogP contribution in [0.3, 0.4) is 0 Å². The summed E-state index contributed by atoms with van der Waals surface area (Å²) in [5, 5.41) is 13.4. The van der Waals surface area contributed by atoms with E-state index in [2.05, 4.69) is 5.32 Å². The molecular weight excluding hydrogens is 271 g/mol. The van der Waals surface area contributed by atoms with Crippen molar-refractivity contribution in [1.29, 1.82) is 0 Å². The van der Waals surface area contributed by atoms with Crippen LogP contribution in [0.2, 0.25) is 0 Å². The first kappa shape index (κ1) is 14.5. The highest BCUT2D eigenvalue weighted by Gasteiger charge is 2.37. The summed E-state index contributed by atoms with van der Waals surface area (Å²) in [5.74, 6) is -0.398. The normalized spacial score (nSPS) is 27.8. The number of nitrogens with one attached hydrogen (secondary N) is 1. The number of nitrogens with zero attached hydrogens (tertiary/aromatic N) is 1. The van der Waals surface area contributed by atoms with Crippen molar-refractivity contribution < 1.29 is 14.3 Å². The van der Waals surface area contributed by atoms with E-state index in [1.807, 2.05) is 4.90 Å². The summed E-state index contributed by atoms with van der Waals surface area (Å²) in [6.45, 7) is 0.586. The Morgan fingerprint density at radius 3 is 2.90 bits per heavy atom. The van der Waals surface area contributed by atoms with E-state index in [4.69, 9.17) is 0 Å². The van der Waals surface area contributed by atoms with E-state index in [1.165, 1.54) is 6.07 Å². The average molecular weight is 292 g/mol. The summed E-state index contributed by atoms with van der Waals surface area (Å²) in [5.41, 5.74) is 0.302. The maximum absolute atomic E-state index is 13.7. The van der Waals surface area contributed by atoms with Gasteiger partial charge in [0.2, 0.25) is 5.91 Å². The van der Waals surface area contributed by atoms with Crippen LogP contribution >= 0.6 is 0 Å². The van der Waals surface area contributed by atoms with Gasteiger partial charge in [-0.05, 0) is 18.9 Å². The lowest BCUT2D eigenvalue weighted by molar-refractivity contribution is -0.129. The van der Waals surface area contributed by atoms with E-state index in [0.29, 0.717) is 12.1 Å². The highest BCUT2D eigenvalue weighted by Crippen LogP contribution is 2.28. The van der Waals surface area contributed by atoms with E-state index in [-0.39, 0.29) is 24.5 Å². The zero-order chi connectivity index (χ0) is 14.8.